The van der Waals surface area contributed by atoms with Crippen LogP contribution in [0, 0.1) is 11.6 Å². The van der Waals surface area contributed by atoms with Crippen LogP contribution in [0.1, 0.15) is 13.8 Å². The minimum absolute atomic E-state index is 0.837. The zero-order valence-electron chi connectivity index (χ0n) is 7.75. The van der Waals surface area contributed by atoms with Crippen LogP contribution in [0.2, 0.25) is 0 Å². The van der Waals surface area contributed by atoms with Crippen LogP contribution in [-0.2, 0) is 13.6 Å². The highest BCUT2D eigenvalue weighted by Gasteiger charge is 2.15. The molecule has 0 aliphatic carbocycles. The zero-order valence-corrected chi connectivity index (χ0v) is 8.64. The molecule has 0 fully saturated rings. The third kappa shape index (κ3) is 3.73. The predicted molar refractivity (Wildman–Crippen MR) is 48.8 cm³/mol. The Morgan fingerprint density at radius 2 is 1.92 bits per heavy atom. The quantitative estimate of drug-likeness (QED) is 0.493. The fourth-order valence-corrected chi connectivity index (χ4v) is 1.04. The van der Waals surface area contributed by atoms with Crippen molar-refractivity contribution in [3.05, 3.63) is 11.6 Å². The summed E-state index contributed by atoms with van der Waals surface area (Å²) in [6.07, 6.45) is 1.82. The van der Waals surface area contributed by atoms with Gasteiger partial charge in [-0.25, -0.2) is 4.57 Å². The van der Waals surface area contributed by atoms with Crippen molar-refractivity contribution in [2.24, 2.45) is 0 Å². The van der Waals surface area contributed by atoms with E-state index in [1.54, 1.807) is 0 Å². The molecule has 4 heteroatoms. The second-order valence-electron chi connectivity index (χ2n) is 2.07. The van der Waals surface area contributed by atoms with Crippen molar-refractivity contribution in [3.63, 3.8) is 0 Å². The van der Waals surface area contributed by atoms with Crippen LogP contribution in [0.5, 0.6) is 0 Å². The van der Waals surface area contributed by atoms with Crippen LogP contribution in [0.25, 0.3) is 0 Å². The second kappa shape index (κ2) is 5.16. The Hall–Kier alpha value is -0.550. The van der Waals surface area contributed by atoms with Crippen molar-refractivity contribution >= 4 is 7.60 Å². The topological polar surface area (TPSA) is 35.5 Å². The van der Waals surface area contributed by atoms with Gasteiger partial charge in [-0.3, -0.25) is 0 Å². The summed E-state index contributed by atoms with van der Waals surface area (Å²) in [6, 6.07) is 0. The predicted octanol–water partition coefficient (Wildman–Crippen LogP) is 2.40. The molecule has 0 saturated heterocycles. The molecule has 0 aliphatic heterocycles. The van der Waals surface area contributed by atoms with Crippen LogP contribution in [0.15, 0.2) is 11.6 Å². The number of hydrogen-bond donors (Lipinski definition) is 0. The first-order chi connectivity index (χ1) is 5.58. The normalized spacial score (nSPS) is 12.2. The Morgan fingerprint density at radius 3 is 2.25 bits per heavy atom. The maximum absolute atomic E-state index is 11.3. The zero-order chi connectivity index (χ0) is 9.61. The molecule has 0 rings (SSSR count). The SMILES string of the molecule is C/C=C(/C)C#CP(=O)(OC)OC. The third-order valence-electron chi connectivity index (χ3n) is 1.30. The van der Waals surface area contributed by atoms with E-state index >= 15 is 0 Å². The average Bonchev–Trinajstić information content (AvgIpc) is 2.13. The highest BCUT2D eigenvalue weighted by molar-refractivity contribution is 7.59. The summed E-state index contributed by atoms with van der Waals surface area (Å²) < 4.78 is 20.6. The molecule has 3 nitrogen and oxygen atoms in total. The van der Waals surface area contributed by atoms with Crippen LogP contribution in [-0.4, -0.2) is 14.2 Å². The van der Waals surface area contributed by atoms with Crippen molar-refractivity contribution < 1.29 is 13.6 Å². The highest BCUT2D eigenvalue weighted by Crippen LogP contribution is 2.44. The number of rotatable bonds is 2. The summed E-state index contributed by atoms with van der Waals surface area (Å²) in [5, 5.41) is 0. The Balaban J connectivity index is 4.58. The fourth-order valence-electron chi connectivity index (χ4n) is 0.395. The molecular formula is C8H13O3P. The molecule has 0 N–H and O–H groups in total. The van der Waals surface area contributed by atoms with Gasteiger partial charge in [0, 0.05) is 19.9 Å². The van der Waals surface area contributed by atoms with E-state index in [9.17, 15) is 4.57 Å². The smallest absolute Gasteiger partial charge is 0.303 e. The third-order valence-corrected chi connectivity index (χ3v) is 2.65. The van der Waals surface area contributed by atoms with Crippen LogP contribution in [0.4, 0.5) is 0 Å². The minimum atomic E-state index is -3.15. The molecular weight excluding hydrogens is 175 g/mol. The van der Waals surface area contributed by atoms with Gasteiger partial charge in [-0.1, -0.05) is 12.0 Å². The van der Waals surface area contributed by atoms with E-state index in [0.29, 0.717) is 0 Å². The standard InChI is InChI=1S/C8H13O3P/c1-5-8(2)6-7-12(9,10-3)11-4/h5H,1-4H3/b8-5-. The van der Waals surface area contributed by atoms with Gasteiger partial charge in [0.2, 0.25) is 0 Å². The maximum atomic E-state index is 11.3. The molecule has 68 valence electrons. The van der Waals surface area contributed by atoms with Gasteiger partial charge in [0.05, 0.1) is 0 Å². The number of hydrogen-bond acceptors (Lipinski definition) is 3. The summed E-state index contributed by atoms with van der Waals surface area (Å²) in [5.41, 5.74) is 3.28. The van der Waals surface area contributed by atoms with Gasteiger partial charge in [-0.05, 0) is 19.4 Å². The van der Waals surface area contributed by atoms with Crippen molar-refractivity contribution in [2.45, 2.75) is 13.8 Å². The van der Waals surface area contributed by atoms with Gasteiger partial charge >= 0.3 is 7.60 Å². The van der Waals surface area contributed by atoms with E-state index in [4.69, 9.17) is 0 Å². The van der Waals surface area contributed by atoms with E-state index < -0.39 is 7.60 Å². The summed E-state index contributed by atoms with van der Waals surface area (Å²) in [6.45, 7) is 3.68. The van der Waals surface area contributed by atoms with E-state index in [1.807, 2.05) is 19.9 Å². The van der Waals surface area contributed by atoms with Crippen molar-refractivity contribution in [2.75, 3.05) is 14.2 Å². The lowest BCUT2D eigenvalue weighted by Gasteiger charge is -2.03. The van der Waals surface area contributed by atoms with Gasteiger partial charge < -0.3 is 9.05 Å². The van der Waals surface area contributed by atoms with E-state index in [1.165, 1.54) is 14.2 Å². The average molecular weight is 188 g/mol. The molecule has 0 bridgehead atoms. The monoisotopic (exact) mass is 188 g/mol. The van der Waals surface area contributed by atoms with Crippen LogP contribution < -0.4 is 0 Å². The molecule has 0 atom stereocenters. The fraction of sp³-hybridized carbons (Fsp3) is 0.500. The summed E-state index contributed by atoms with van der Waals surface area (Å²) in [4.78, 5) is 0. The Bertz CT molecular complexity index is 262. The van der Waals surface area contributed by atoms with Crippen LogP contribution >= 0.6 is 7.60 Å². The first-order valence-electron chi connectivity index (χ1n) is 3.45. The first kappa shape index (κ1) is 11.4. The Kier molecular flexibility index (Phi) is 4.92. The van der Waals surface area contributed by atoms with Gasteiger partial charge in [0.15, 0.2) is 0 Å². The van der Waals surface area contributed by atoms with Gasteiger partial charge in [0.1, 0.15) is 0 Å². The Morgan fingerprint density at radius 1 is 1.42 bits per heavy atom. The van der Waals surface area contributed by atoms with E-state index in [0.717, 1.165) is 5.57 Å². The van der Waals surface area contributed by atoms with Crippen molar-refractivity contribution in [3.8, 4) is 11.6 Å². The number of allylic oxidation sites excluding steroid dienone is 2. The molecule has 0 unspecified atom stereocenters. The lowest BCUT2D eigenvalue weighted by atomic mass is 10.3. The molecule has 0 aromatic heterocycles. The summed E-state index contributed by atoms with van der Waals surface area (Å²) >= 11 is 0. The highest BCUT2D eigenvalue weighted by atomic mass is 31.2. The molecule has 0 aromatic rings. The second-order valence-corrected chi connectivity index (χ2v) is 4.02. The van der Waals surface area contributed by atoms with Gasteiger partial charge in [-0.15, -0.1) is 0 Å². The van der Waals surface area contributed by atoms with Gasteiger partial charge in [0.25, 0.3) is 0 Å². The van der Waals surface area contributed by atoms with E-state index in [-0.39, 0.29) is 0 Å². The largest absolute Gasteiger partial charge is 0.405 e. The first-order valence-corrected chi connectivity index (χ1v) is 5.00. The molecule has 12 heavy (non-hydrogen) atoms. The molecule has 0 heterocycles. The van der Waals surface area contributed by atoms with E-state index in [2.05, 4.69) is 20.6 Å². The summed E-state index contributed by atoms with van der Waals surface area (Å²) in [5.74, 6) is 2.67. The minimum Gasteiger partial charge on any atom is -0.303 e. The van der Waals surface area contributed by atoms with Crippen molar-refractivity contribution in [1.29, 1.82) is 0 Å². The van der Waals surface area contributed by atoms with Crippen LogP contribution in [0.3, 0.4) is 0 Å². The molecule has 0 amide bonds. The lowest BCUT2D eigenvalue weighted by molar-refractivity contribution is 0.288. The molecule has 0 saturated carbocycles. The maximum Gasteiger partial charge on any atom is 0.405 e. The molecule has 0 aromatic carbocycles. The lowest BCUT2D eigenvalue weighted by Crippen LogP contribution is -1.83. The Labute approximate surface area is 73.3 Å². The molecule has 0 spiro atoms. The van der Waals surface area contributed by atoms with Gasteiger partial charge in [-0.2, -0.15) is 0 Å². The molecule has 0 aliphatic rings. The molecule has 0 radical (unpaired) electrons. The van der Waals surface area contributed by atoms with Crippen molar-refractivity contribution in [1.82, 2.24) is 0 Å². The summed E-state index contributed by atoms with van der Waals surface area (Å²) in [7, 11) is -0.531.